The Morgan fingerprint density at radius 2 is 2.21 bits per heavy atom. The van der Waals surface area contributed by atoms with Crippen LogP contribution in [0, 0.1) is 11.8 Å². The number of carbonyl (C=O) groups is 1. The van der Waals surface area contributed by atoms with E-state index in [-0.39, 0.29) is 6.61 Å². The van der Waals surface area contributed by atoms with E-state index in [1.165, 1.54) is 4.68 Å². The lowest BCUT2D eigenvalue weighted by Crippen LogP contribution is -2.25. The second kappa shape index (κ2) is 6.39. The number of hydrogen-bond acceptors (Lipinski definition) is 4. The molecule has 0 atom stereocenters. The highest BCUT2D eigenvalue weighted by molar-refractivity contribution is 5.90. The van der Waals surface area contributed by atoms with Gasteiger partial charge in [0.05, 0.1) is 11.8 Å². The first-order valence-corrected chi connectivity index (χ1v) is 6.20. The predicted molar refractivity (Wildman–Crippen MR) is 71.6 cm³/mol. The second-order valence-electron chi connectivity index (χ2n) is 5.16. The molecule has 5 nitrogen and oxygen atoms in total. The van der Waals surface area contributed by atoms with Gasteiger partial charge in [-0.1, -0.05) is 11.8 Å². The number of carbonyl (C=O) groups excluding carboxylic acids is 1. The Bertz CT molecular complexity index is 501. The Kier molecular flexibility index (Phi) is 5.13. The van der Waals surface area contributed by atoms with E-state index in [1.807, 2.05) is 20.8 Å². The molecule has 1 heterocycles. The molecule has 19 heavy (non-hydrogen) atoms. The van der Waals surface area contributed by atoms with Crippen LogP contribution >= 0.6 is 0 Å². The summed E-state index contributed by atoms with van der Waals surface area (Å²) in [4.78, 5) is 12.1. The number of aromatic nitrogens is 2. The zero-order valence-electron chi connectivity index (χ0n) is 11.9. The van der Waals surface area contributed by atoms with Crippen molar-refractivity contribution in [1.29, 1.82) is 0 Å². The summed E-state index contributed by atoms with van der Waals surface area (Å²) in [6.45, 7) is 5.55. The molecule has 0 fully saturated rings. The van der Waals surface area contributed by atoms with Gasteiger partial charge in [0.25, 0.3) is 0 Å². The highest BCUT2D eigenvalue weighted by Crippen LogP contribution is 2.14. The van der Waals surface area contributed by atoms with Gasteiger partial charge in [-0.2, -0.15) is 5.10 Å². The van der Waals surface area contributed by atoms with Crippen molar-refractivity contribution in [2.24, 2.45) is 7.05 Å². The van der Waals surface area contributed by atoms with Crippen LogP contribution in [0.4, 0.5) is 0 Å². The summed E-state index contributed by atoms with van der Waals surface area (Å²) in [6, 6.07) is 0. The third kappa shape index (κ3) is 4.76. The van der Waals surface area contributed by atoms with E-state index in [9.17, 15) is 4.79 Å². The number of aryl methyl sites for hydroxylation is 1. The monoisotopic (exact) mass is 264 g/mol. The molecule has 0 aliphatic rings. The molecule has 0 aliphatic heterocycles. The van der Waals surface area contributed by atoms with Crippen LogP contribution in [-0.4, -0.2) is 33.1 Å². The molecule has 0 aromatic carbocycles. The molecule has 0 radical (unpaired) electrons. The molecule has 1 aromatic rings. The third-order valence-electron chi connectivity index (χ3n) is 2.21. The van der Waals surface area contributed by atoms with Crippen LogP contribution < -0.4 is 0 Å². The summed E-state index contributed by atoms with van der Waals surface area (Å²) in [5.41, 5.74) is 0.351. The maximum absolute atomic E-state index is 12.1. The highest BCUT2D eigenvalue weighted by atomic mass is 16.6. The molecule has 0 saturated heterocycles. The van der Waals surface area contributed by atoms with Crippen LogP contribution in [0.3, 0.4) is 0 Å². The van der Waals surface area contributed by atoms with Gasteiger partial charge < -0.3 is 9.84 Å². The van der Waals surface area contributed by atoms with Gasteiger partial charge in [-0.05, 0) is 27.2 Å². The van der Waals surface area contributed by atoms with Crippen molar-refractivity contribution in [3.63, 3.8) is 0 Å². The SMILES string of the molecule is Cn1ncc(C#CCCCO)c1C(=O)OC(C)(C)C. The Morgan fingerprint density at radius 3 is 2.79 bits per heavy atom. The largest absolute Gasteiger partial charge is 0.455 e. The maximum atomic E-state index is 12.1. The second-order valence-corrected chi connectivity index (χ2v) is 5.16. The zero-order chi connectivity index (χ0) is 14.5. The molecule has 5 heteroatoms. The number of nitrogens with zero attached hydrogens (tertiary/aromatic N) is 2. The first-order chi connectivity index (χ1) is 8.85. The van der Waals surface area contributed by atoms with Crippen LogP contribution in [-0.2, 0) is 11.8 Å². The van der Waals surface area contributed by atoms with Gasteiger partial charge in [0, 0.05) is 20.1 Å². The topological polar surface area (TPSA) is 64.3 Å². The van der Waals surface area contributed by atoms with Gasteiger partial charge in [0.15, 0.2) is 5.69 Å². The summed E-state index contributed by atoms with van der Waals surface area (Å²) in [5, 5.41) is 12.7. The lowest BCUT2D eigenvalue weighted by atomic mass is 10.2. The number of aliphatic hydroxyl groups is 1. The van der Waals surface area contributed by atoms with Gasteiger partial charge in [-0.3, -0.25) is 4.68 Å². The molecule has 0 unspecified atom stereocenters. The number of ether oxygens (including phenoxy) is 1. The van der Waals surface area contributed by atoms with Crippen molar-refractivity contribution in [2.45, 2.75) is 39.2 Å². The van der Waals surface area contributed by atoms with Crippen molar-refractivity contribution >= 4 is 5.97 Å². The average Bonchev–Trinajstić information content (AvgIpc) is 2.64. The Balaban J connectivity index is 2.90. The quantitative estimate of drug-likeness (QED) is 0.510. The lowest BCUT2D eigenvalue weighted by molar-refractivity contribution is 0.00572. The number of hydrogen-bond donors (Lipinski definition) is 1. The fourth-order valence-electron chi connectivity index (χ4n) is 1.42. The van der Waals surface area contributed by atoms with Crippen molar-refractivity contribution < 1.29 is 14.6 Å². The van der Waals surface area contributed by atoms with Gasteiger partial charge >= 0.3 is 5.97 Å². The van der Waals surface area contributed by atoms with Gasteiger partial charge in [-0.25, -0.2) is 4.79 Å². The van der Waals surface area contributed by atoms with E-state index in [0.29, 0.717) is 24.1 Å². The fourth-order valence-corrected chi connectivity index (χ4v) is 1.42. The maximum Gasteiger partial charge on any atom is 0.358 e. The average molecular weight is 264 g/mol. The predicted octanol–water partition coefficient (Wildman–Crippen LogP) is 1.50. The van der Waals surface area contributed by atoms with E-state index in [4.69, 9.17) is 9.84 Å². The van der Waals surface area contributed by atoms with Gasteiger partial charge in [0.1, 0.15) is 5.60 Å². The number of rotatable bonds is 3. The van der Waals surface area contributed by atoms with Gasteiger partial charge in [-0.15, -0.1) is 0 Å². The summed E-state index contributed by atoms with van der Waals surface area (Å²) in [6.07, 6.45) is 2.75. The molecular formula is C14H20N2O3. The van der Waals surface area contributed by atoms with E-state index in [1.54, 1.807) is 13.2 Å². The summed E-state index contributed by atoms with van der Waals surface area (Å²) in [5.74, 6) is 5.36. The van der Waals surface area contributed by atoms with Crippen LogP contribution in [0.1, 0.15) is 49.7 Å². The molecule has 0 aliphatic carbocycles. The smallest absolute Gasteiger partial charge is 0.358 e. The summed E-state index contributed by atoms with van der Waals surface area (Å²) >= 11 is 0. The molecule has 0 spiro atoms. The van der Waals surface area contributed by atoms with Crippen molar-refractivity contribution in [2.75, 3.05) is 6.61 Å². The Morgan fingerprint density at radius 1 is 1.53 bits per heavy atom. The summed E-state index contributed by atoms with van der Waals surface area (Å²) < 4.78 is 6.79. The van der Waals surface area contributed by atoms with E-state index >= 15 is 0 Å². The van der Waals surface area contributed by atoms with Crippen molar-refractivity contribution in [3.05, 3.63) is 17.5 Å². The Hall–Kier alpha value is -1.80. The van der Waals surface area contributed by atoms with Crippen LogP contribution in [0.2, 0.25) is 0 Å². The number of aliphatic hydroxyl groups excluding tert-OH is 1. The zero-order valence-corrected chi connectivity index (χ0v) is 11.9. The minimum atomic E-state index is -0.553. The van der Waals surface area contributed by atoms with E-state index in [2.05, 4.69) is 16.9 Å². The minimum Gasteiger partial charge on any atom is -0.455 e. The number of esters is 1. The lowest BCUT2D eigenvalue weighted by Gasteiger charge is -2.19. The van der Waals surface area contributed by atoms with Crippen LogP contribution in [0.15, 0.2) is 6.20 Å². The summed E-state index contributed by atoms with van der Waals surface area (Å²) in [7, 11) is 1.68. The molecular weight excluding hydrogens is 244 g/mol. The third-order valence-corrected chi connectivity index (χ3v) is 2.21. The molecule has 0 amide bonds. The minimum absolute atomic E-state index is 0.112. The molecule has 0 bridgehead atoms. The first-order valence-electron chi connectivity index (χ1n) is 6.20. The van der Waals surface area contributed by atoms with Crippen LogP contribution in [0.25, 0.3) is 0 Å². The molecule has 0 saturated carbocycles. The van der Waals surface area contributed by atoms with E-state index in [0.717, 1.165) is 0 Å². The molecule has 1 aromatic heterocycles. The number of unbranched alkanes of at least 4 members (excludes halogenated alkanes) is 1. The standard InChI is InChI=1S/C14H20N2O3/c1-14(2,3)19-13(18)12-11(10-15-16(12)4)8-6-5-7-9-17/h10,17H,5,7,9H2,1-4H3. The van der Waals surface area contributed by atoms with Gasteiger partial charge in [0.2, 0.25) is 0 Å². The first kappa shape index (κ1) is 15.3. The molecule has 1 N–H and O–H groups in total. The Labute approximate surface area is 113 Å². The van der Waals surface area contributed by atoms with E-state index < -0.39 is 11.6 Å². The fraction of sp³-hybridized carbons (Fsp3) is 0.571. The molecule has 1 rings (SSSR count). The van der Waals surface area contributed by atoms with Crippen LogP contribution in [0.5, 0.6) is 0 Å². The normalized spacial score (nSPS) is 10.8. The highest BCUT2D eigenvalue weighted by Gasteiger charge is 2.23. The van der Waals surface area contributed by atoms with Crippen molar-refractivity contribution in [1.82, 2.24) is 9.78 Å². The van der Waals surface area contributed by atoms with Crippen molar-refractivity contribution in [3.8, 4) is 11.8 Å². The molecule has 104 valence electrons.